The minimum absolute atomic E-state index is 0.345. The number of benzene rings is 3. The van der Waals surface area contributed by atoms with E-state index in [2.05, 4.69) is 16.0 Å². The monoisotopic (exact) mass is 503 g/mol. The third-order valence-corrected chi connectivity index (χ3v) is 5.93. The first-order valence-corrected chi connectivity index (χ1v) is 11.6. The van der Waals surface area contributed by atoms with E-state index in [1.54, 1.807) is 57.5 Å². The van der Waals surface area contributed by atoms with Gasteiger partial charge in [-0.3, -0.25) is 4.79 Å². The van der Waals surface area contributed by atoms with Gasteiger partial charge < -0.3 is 34.9 Å². The molecule has 192 valence electrons. The SMILES string of the molecule is COc1ccc(NC(=O)C2=C(C)NC(=O)NC2c2ccc(OCc3ccccc3)c(OC)c2)c(OC)c1. The van der Waals surface area contributed by atoms with Gasteiger partial charge in [0.25, 0.3) is 5.91 Å². The lowest BCUT2D eigenvalue weighted by Crippen LogP contribution is -2.46. The number of rotatable bonds is 9. The topological polar surface area (TPSA) is 107 Å². The summed E-state index contributed by atoms with van der Waals surface area (Å²) in [5.74, 6) is 1.66. The van der Waals surface area contributed by atoms with Crippen molar-refractivity contribution in [1.29, 1.82) is 0 Å². The molecule has 3 aromatic rings. The summed E-state index contributed by atoms with van der Waals surface area (Å²) < 4.78 is 22.2. The highest BCUT2D eigenvalue weighted by molar-refractivity contribution is 6.07. The number of hydrogen-bond acceptors (Lipinski definition) is 6. The fourth-order valence-corrected chi connectivity index (χ4v) is 4.05. The molecular weight excluding hydrogens is 474 g/mol. The molecule has 0 spiro atoms. The number of carbonyl (C=O) groups is 2. The van der Waals surface area contributed by atoms with Gasteiger partial charge in [0, 0.05) is 11.8 Å². The number of methoxy groups -OCH3 is 3. The van der Waals surface area contributed by atoms with Gasteiger partial charge in [0.2, 0.25) is 0 Å². The summed E-state index contributed by atoms with van der Waals surface area (Å²) in [6, 6.07) is 19.1. The van der Waals surface area contributed by atoms with Crippen LogP contribution in [-0.4, -0.2) is 33.3 Å². The summed E-state index contributed by atoms with van der Waals surface area (Å²) in [5, 5.41) is 8.40. The summed E-state index contributed by atoms with van der Waals surface area (Å²) in [6.45, 7) is 2.05. The van der Waals surface area contributed by atoms with Crippen LogP contribution in [0.2, 0.25) is 0 Å². The van der Waals surface area contributed by atoms with Crippen molar-refractivity contribution in [1.82, 2.24) is 10.6 Å². The average Bonchev–Trinajstić information content (AvgIpc) is 2.92. The van der Waals surface area contributed by atoms with Crippen LogP contribution in [0, 0.1) is 0 Å². The molecule has 1 aliphatic rings. The highest BCUT2D eigenvalue weighted by Gasteiger charge is 2.32. The van der Waals surface area contributed by atoms with Gasteiger partial charge in [0.15, 0.2) is 11.5 Å². The molecule has 3 N–H and O–H groups in total. The van der Waals surface area contributed by atoms with E-state index >= 15 is 0 Å². The second-order valence-electron chi connectivity index (χ2n) is 8.28. The Morgan fingerprint density at radius 1 is 0.892 bits per heavy atom. The van der Waals surface area contributed by atoms with Crippen molar-refractivity contribution in [3.8, 4) is 23.0 Å². The van der Waals surface area contributed by atoms with Crippen molar-refractivity contribution >= 4 is 17.6 Å². The molecule has 1 unspecified atom stereocenters. The predicted molar refractivity (Wildman–Crippen MR) is 139 cm³/mol. The van der Waals surface area contributed by atoms with Crippen LogP contribution in [-0.2, 0) is 11.4 Å². The standard InChI is InChI=1S/C28H29N3O6/c1-17-25(27(32)30-21-12-11-20(34-2)15-23(21)35-3)26(31-28(33)29-17)19-10-13-22(24(14-19)36-4)37-16-18-8-6-5-7-9-18/h5-15,26H,16H2,1-4H3,(H,30,32)(H2,29,31,33). The van der Waals surface area contributed by atoms with Gasteiger partial charge in [0.05, 0.1) is 38.6 Å². The molecule has 1 atom stereocenters. The smallest absolute Gasteiger partial charge is 0.319 e. The maximum atomic E-state index is 13.5. The fraction of sp³-hybridized carbons (Fsp3) is 0.214. The number of ether oxygens (including phenoxy) is 4. The normalized spacial score (nSPS) is 14.8. The first-order chi connectivity index (χ1) is 17.9. The zero-order valence-electron chi connectivity index (χ0n) is 21.1. The lowest BCUT2D eigenvalue weighted by Gasteiger charge is -2.29. The van der Waals surface area contributed by atoms with Crippen LogP contribution in [0.3, 0.4) is 0 Å². The summed E-state index contributed by atoms with van der Waals surface area (Å²) in [6.07, 6.45) is 0. The molecule has 0 aliphatic carbocycles. The van der Waals surface area contributed by atoms with Crippen LogP contribution in [0.1, 0.15) is 24.1 Å². The van der Waals surface area contributed by atoms with E-state index in [0.29, 0.717) is 52.1 Å². The van der Waals surface area contributed by atoms with E-state index in [9.17, 15) is 9.59 Å². The van der Waals surface area contributed by atoms with Gasteiger partial charge in [0.1, 0.15) is 18.1 Å². The molecule has 37 heavy (non-hydrogen) atoms. The number of carbonyl (C=O) groups excluding carboxylic acids is 2. The van der Waals surface area contributed by atoms with E-state index in [1.807, 2.05) is 30.3 Å². The van der Waals surface area contributed by atoms with E-state index in [1.165, 1.54) is 7.11 Å². The van der Waals surface area contributed by atoms with E-state index in [4.69, 9.17) is 18.9 Å². The average molecular weight is 504 g/mol. The van der Waals surface area contributed by atoms with Crippen LogP contribution in [0.15, 0.2) is 78.0 Å². The predicted octanol–water partition coefficient (Wildman–Crippen LogP) is 4.56. The molecular formula is C28H29N3O6. The summed E-state index contributed by atoms with van der Waals surface area (Å²) in [5.41, 5.74) is 2.92. The van der Waals surface area contributed by atoms with Crippen molar-refractivity contribution in [2.75, 3.05) is 26.6 Å². The lowest BCUT2D eigenvalue weighted by molar-refractivity contribution is -0.113. The molecule has 0 fully saturated rings. The van der Waals surface area contributed by atoms with Crippen LogP contribution in [0.4, 0.5) is 10.5 Å². The second kappa shape index (κ2) is 11.4. The van der Waals surface area contributed by atoms with Crippen molar-refractivity contribution < 1.29 is 28.5 Å². The van der Waals surface area contributed by atoms with Crippen molar-refractivity contribution in [2.24, 2.45) is 0 Å². The number of anilines is 1. The molecule has 1 heterocycles. The van der Waals surface area contributed by atoms with Crippen LogP contribution >= 0.6 is 0 Å². The Bertz CT molecular complexity index is 1320. The van der Waals surface area contributed by atoms with Crippen molar-refractivity contribution in [3.63, 3.8) is 0 Å². The quantitative estimate of drug-likeness (QED) is 0.395. The maximum Gasteiger partial charge on any atom is 0.319 e. The third-order valence-electron chi connectivity index (χ3n) is 5.93. The Balaban J connectivity index is 1.61. The minimum atomic E-state index is -0.727. The van der Waals surface area contributed by atoms with E-state index in [0.717, 1.165) is 5.56 Å². The lowest BCUT2D eigenvalue weighted by atomic mass is 9.94. The Hall–Kier alpha value is -4.66. The Morgan fingerprint density at radius 2 is 1.65 bits per heavy atom. The Morgan fingerprint density at radius 3 is 2.35 bits per heavy atom. The number of amides is 3. The third kappa shape index (κ3) is 5.78. The zero-order valence-corrected chi connectivity index (χ0v) is 21.1. The van der Waals surface area contributed by atoms with E-state index in [-0.39, 0.29) is 0 Å². The zero-order chi connectivity index (χ0) is 26.4. The largest absolute Gasteiger partial charge is 0.497 e. The van der Waals surface area contributed by atoms with Crippen LogP contribution in [0.5, 0.6) is 23.0 Å². The van der Waals surface area contributed by atoms with Gasteiger partial charge >= 0.3 is 6.03 Å². The van der Waals surface area contributed by atoms with E-state index < -0.39 is 18.0 Å². The minimum Gasteiger partial charge on any atom is -0.497 e. The molecule has 3 aromatic carbocycles. The van der Waals surface area contributed by atoms with Gasteiger partial charge in [-0.05, 0) is 42.3 Å². The Labute approximate surface area is 215 Å². The summed E-state index contributed by atoms with van der Waals surface area (Å²) in [7, 11) is 4.60. The summed E-state index contributed by atoms with van der Waals surface area (Å²) >= 11 is 0. The summed E-state index contributed by atoms with van der Waals surface area (Å²) in [4.78, 5) is 25.8. The fourth-order valence-electron chi connectivity index (χ4n) is 4.05. The first-order valence-electron chi connectivity index (χ1n) is 11.6. The molecule has 0 saturated heterocycles. The van der Waals surface area contributed by atoms with Gasteiger partial charge in [-0.15, -0.1) is 0 Å². The maximum absolute atomic E-state index is 13.5. The number of nitrogens with one attached hydrogen (secondary N) is 3. The van der Waals surface area contributed by atoms with Gasteiger partial charge in [-0.1, -0.05) is 36.4 Å². The van der Waals surface area contributed by atoms with Crippen molar-refractivity contribution in [2.45, 2.75) is 19.6 Å². The molecule has 3 amide bonds. The van der Waals surface area contributed by atoms with Crippen LogP contribution < -0.4 is 34.9 Å². The molecule has 4 rings (SSSR count). The Kier molecular flexibility index (Phi) is 7.83. The molecule has 0 saturated carbocycles. The van der Waals surface area contributed by atoms with Crippen molar-refractivity contribution in [3.05, 3.63) is 89.1 Å². The molecule has 0 radical (unpaired) electrons. The molecule has 9 heteroatoms. The van der Waals surface area contributed by atoms with Crippen LogP contribution in [0.25, 0.3) is 0 Å². The molecule has 0 bridgehead atoms. The number of hydrogen-bond donors (Lipinski definition) is 3. The molecule has 0 aromatic heterocycles. The first kappa shape index (κ1) is 25.4. The second-order valence-corrected chi connectivity index (χ2v) is 8.28. The molecule has 9 nitrogen and oxygen atoms in total. The highest BCUT2D eigenvalue weighted by Crippen LogP contribution is 2.36. The van der Waals surface area contributed by atoms with Gasteiger partial charge in [-0.2, -0.15) is 0 Å². The number of urea groups is 1. The highest BCUT2D eigenvalue weighted by atomic mass is 16.5. The number of allylic oxidation sites excluding steroid dienone is 1. The molecule has 1 aliphatic heterocycles. The van der Waals surface area contributed by atoms with Gasteiger partial charge in [-0.25, -0.2) is 4.79 Å².